The number of nitrogens with two attached hydrogens (primary N) is 1. The molecule has 1 aromatic carbocycles. The molecule has 0 atom stereocenters. The summed E-state index contributed by atoms with van der Waals surface area (Å²) in [5.41, 5.74) is 8.84. The SMILES string of the molecule is CCc1ccc(OCc2cccnc2C#N)c(N)c1. The Labute approximate surface area is 112 Å². The van der Waals surface area contributed by atoms with Gasteiger partial charge in [-0.15, -0.1) is 0 Å². The highest BCUT2D eigenvalue weighted by atomic mass is 16.5. The summed E-state index contributed by atoms with van der Waals surface area (Å²) in [5.74, 6) is 0.630. The number of aryl methyl sites for hydroxylation is 1. The van der Waals surface area contributed by atoms with Gasteiger partial charge in [-0.2, -0.15) is 5.26 Å². The van der Waals surface area contributed by atoms with Crippen LogP contribution in [0.4, 0.5) is 5.69 Å². The van der Waals surface area contributed by atoms with Crippen molar-refractivity contribution in [1.82, 2.24) is 4.98 Å². The zero-order valence-corrected chi connectivity index (χ0v) is 10.8. The highest BCUT2D eigenvalue weighted by Crippen LogP contribution is 2.24. The first-order valence-corrected chi connectivity index (χ1v) is 6.09. The van der Waals surface area contributed by atoms with Gasteiger partial charge < -0.3 is 10.5 Å². The molecule has 0 aliphatic rings. The maximum absolute atomic E-state index is 8.95. The van der Waals surface area contributed by atoms with Crippen molar-refractivity contribution in [1.29, 1.82) is 5.26 Å². The average Bonchev–Trinajstić information content (AvgIpc) is 2.46. The van der Waals surface area contributed by atoms with Crippen LogP contribution in [0, 0.1) is 11.3 Å². The minimum atomic E-state index is 0.284. The first-order valence-electron chi connectivity index (χ1n) is 6.09. The lowest BCUT2D eigenvalue weighted by Gasteiger charge is -2.10. The Bertz CT molecular complexity index is 617. The van der Waals surface area contributed by atoms with Gasteiger partial charge in [0.1, 0.15) is 24.1 Å². The fourth-order valence-electron chi connectivity index (χ4n) is 1.76. The second-order valence-electron chi connectivity index (χ2n) is 4.14. The van der Waals surface area contributed by atoms with Crippen molar-refractivity contribution in [3.8, 4) is 11.8 Å². The molecule has 2 aromatic rings. The van der Waals surface area contributed by atoms with Crippen LogP contribution < -0.4 is 10.5 Å². The Kier molecular flexibility index (Phi) is 3.99. The van der Waals surface area contributed by atoms with Crippen molar-refractivity contribution in [2.75, 3.05) is 5.73 Å². The van der Waals surface area contributed by atoms with Gasteiger partial charge in [0.05, 0.1) is 5.69 Å². The van der Waals surface area contributed by atoms with E-state index in [2.05, 4.69) is 11.9 Å². The van der Waals surface area contributed by atoms with Gasteiger partial charge in [-0.3, -0.25) is 0 Å². The second-order valence-corrected chi connectivity index (χ2v) is 4.14. The summed E-state index contributed by atoms with van der Waals surface area (Å²) in [5, 5.41) is 8.95. The summed E-state index contributed by atoms with van der Waals surface area (Å²) in [4.78, 5) is 3.99. The highest BCUT2D eigenvalue weighted by Gasteiger charge is 2.05. The van der Waals surface area contributed by atoms with E-state index in [1.54, 1.807) is 12.3 Å². The topological polar surface area (TPSA) is 71.9 Å². The fourth-order valence-corrected chi connectivity index (χ4v) is 1.76. The summed E-state index contributed by atoms with van der Waals surface area (Å²) in [6.45, 7) is 2.36. The summed E-state index contributed by atoms with van der Waals surface area (Å²) in [7, 11) is 0. The molecular formula is C15H15N3O. The number of nitrogen functional groups attached to an aromatic ring is 1. The third kappa shape index (κ3) is 3.02. The average molecular weight is 253 g/mol. The number of hydrogen-bond acceptors (Lipinski definition) is 4. The Morgan fingerprint density at radius 3 is 2.89 bits per heavy atom. The molecule has 0 spiro atoms. The third-order valence-corrected chi connectivity index (χ3v) is 2.86. The number of anilines is 1. The fraction of sp³-hybridized carbons (Fsp3) is 0.200. The van der Waals surface area contributed by atoms with E-state index in [1.165, 1.54) is 5.56 Å². The Hall–Kier alpha value is -2.54. The van der Waals surface area contributed by atoms with Crippen LogP contribution in [0.3, 0.4) is 0 Å². The quantitative estimate of drug-likeness (QED) is 0.850. The first kappa shape index (κ1) is 12.9. The van der Waals surface area contributed by atoms with E-state index >= 15 is 0 Å². The number of nitriles is 1. The van der Waals surface area contributed by atoms with Crippen molar-refractivity contribution in [3.63, 3.8) is 0 Å². The predicted octanol–water partition coefficient (Wildman–Crippen LogP) is 2.68. The van der Waals surface area contributed by atoms with Gasteiger partial charge in [-0.1, -0.05) is 19.1 Å². The molecule has 19 heavy (non-hydrogen) atoms. The lowest BCUT2D eigenvalue weighted by Crippen LogP contribution is -2.02. The van der Waals surface area contributed by atoms with Crippen molar-refractivity contribution >= 4 is 5.69 Å². The number of ether oxygens (including phenoxy) is 1. The van der Waals surface area contributed by atoms with Gasteiger partial charge in [0.25, 0.3) is 0 Å². The highest BCUT2D eigenvalue weighted by molar-refractivity contribution is 5.54. The molecule has 0 aliphatic carbocycles. The molecule has 0 aliphatic heterocycles. The molecule has 1 aromatic heterocycles. The van der Waals surface area contributed by atoms with E-state index in [-0.39, 0.29) is 6.61 Å². The Morgan fingerprint density at radius 1 is 1.37 bits per heavy atom. The molecule has 2 N–H and O–H groups in total. The standard InChI is InChI=1S/C15H15N3O/c1-2-11-5-6-15(13(17)8-11)19-10-12-4-3-7-18-14(12)9-16/h3-8H,2,10,17H2,1H3. The Morgan fingerprint density at radius 2 is 2.21 bits per heavy atom. The second kappa shape index (κ2) is 5.87. The van der Waals surface area contributed by atoms with Crippen LogP contribution in [-0.2, 0) is 13.0 Å². The normalized spacial score (nSPS) is 9.89. The summed E-state index contributed by atoms with van der Waals surface area (Å²) in [6, 6.07) is 11.4. The number of nitrogens with zero attached hydrogens (tertiary/aromatic N) is 2. The molecule has 0 saturated carbocycles. The lowest BCUT2D eigenvalue weighted by molar-refractivity contribution is 0.307. The van der Waals surface area contributed by atoms with E-state index < -0.39 is 0 Å². The molecule has 0 amide bonds. The predicted molar refractivity (Wildman–Crippen MR) is 73.5 cm³/mol. The molecule has 0 bridgehead atoms. The van der Waals surface area contributed by atoms with Crippen molar-refractivity contribution in [2.45, 2.75) is 20.0 Å². The van der Waals surface area contributed by atoms with Gasteiger partial charge in [-0.05, 0) is 30.2 Å². The van der Waals surface area contributed by atoms with Crippen LogP contribution in [0.2, 0.25) is 0 Å². The molecule has 1 heterocycles. The monoisotopic (exact) mass is 253 g/mol. The van der Waals surface area contributed by atoms with Gasteiger partial charge in [-0.25, -0.2) is 4.98 Å². The van der Waals surface area contributed by atoms with E-state index in [4.69, 9.17) is 15.7 Å². The minimum absolute atomic E-state index is 0.284. The number of rotatable bonds is 4. The molecule has 2 rings (SSSR count). The van der Waals surface area contributed by atoms with Crippen molar-refractivity contribution in [3.05, 3.63) is 53.3 Å². The van der Waals surface area contributed by atoms with Crippen molar-refractivity contribution in [2.24, 2.45) is 0 Å². The van der Waals surface area contributed by atoms with Crippen LogP contribution in [0.5, 0.6) is 5.75 Å². The maximum atomic E-state index is 8.95. The van der Waals surface area contributed by atoms with Crippen LogP contribution >= 0.6 is 0 Å². The molecule has 0 saturated heterocycles. The number of pyridine rings is 1. The van der Waals surface area contributed by atoms with Crippen LogP contribution in [-0.4, -0.2) is 4.98 Å². The molecule has 4 nitrogen and oxygen atoms in total. The maximum Gasteiger partial charge on any atom is 0.147 e. The molecular weight excluding hydrogens is 238 g/mol. The zero-order valence-electron chi connectivity index (χ0n) is 10.8. The largest absolute Gasteiger partial charge is 0.487 e. The summed E-state index contributed by atoms with van der Waals surface area (Å²) >= 11 is 0. The number of aromatic nitrogens is 1. The van der Waals surface area contributed by atoms with E-state index in [0.29, 0.717) is 17.1 Å². The van der Waals surface area contributed by atoms with Crippen LogP contribution in [0.25, 0.3) is 0 Å². The van der Waals surface area contributed by atoms with E-state index in [9.17, 15) is 0 Å². The van der Waals surface area contributed by atoms with Crippen LogP contribution in [0.1, 0.15) is 23.7 Å². The number of hydrogen-bond donors (Lipinski definition) is 1. The van der Waals surface area contributed by atoms with Gasteiger partial charge in [0, 0.05) is 11.8 Å². The van der Waals surface area contributed by atoms with Gasteiger partial charge >= 0.3 is 0 Å². The third-order valence-electron chi connectivity index (χ3n) is 2.86. The zero-order chi connectivity index (χ0) is 13.7. The summed E-state index contributed by atoms with van der Waals surface area (Å²) < 4.78 is 5.65. The van der Waals surface area contributed by atoms with Crippen LogP contribution in [0.15, 0.2) is 36.5 Å². The molecule has 96 valence electrons. The molecule has 0 fully saturated rings. The summed E-state index contributed by atoms with van der Waals surface area (Å²) in [6.07, 6.45) is 2.53. The van der Waals surface area contributed by atoms with E-state index in [0.717, 1.165) is 12.0 Å². The Balaban J connectivity index is 2.13. The first-order chi connectivity index (χ1) is 9.24. The minimum Gasteiger partial charge on any atom is -0.487 e. The smallest absolute Gasteiger partial charge is 0.147 e. The number of benzene rings is 1. The molecule has 0 unspecified atom stereocenters. The molecule has 4 heteroatoms. The molecule has 0 radical (unpaired) electrons. The lowest BCUT2D eigenvalue weighted by atomic mass is 10.1. The van der Waals surface area contributed by atoms with Gasteiger partial charge in [0.2, 0.25) is 0 Å². The van der Waals surface area contributed by atoms with Crippen molar-refractivity contribution < 1.29 is 4.74 Å². The van der Waals surface area contributed by atoms with E-state index in [1.807, 2.05) is 30.3 Å². The van der Waals surface area contributed by atoms with Gasteiger partial charge in [0.15, 0.2) is 0 Å².